The summed E-state index contributed by atoms with van der Waals surface area (Å²) in [5, 5.41) is 2.93. The Balaban J connectivity index is 2.24. The zero-order valence-corrected chi connectivity index (χ0v) is 9.34. The first-order valence-corrected chi connectivity index (χ1v) is 5.57. The van der Waals surface area contributed by atoms with Crippen LogP contribution < -0.4 is 5.32 Å². The second-order valence-electron chi connectivity index (χ2n) is 4.64. The summed E-state index contributed by atoms with van der Waals surface area (Å²) in [6, 6.07) is 6.44. The van der Waals surface area contributed by atoms with Crippen LogP contribution in [0.4, 0.5) is 5.69 Å². The summed E-state index contributed by atoms with van der Waals surface area (Å²) in [7, 11) is 0. The van der Waals surface area contributed by atoms with E-state index in [1.165, 1.54) is 11.1 Å². The molecule has 0 fully saturated rings. The summed E-state index contributed by atoms with van der Waals surface area (Å²) < 4.78 is 0. The highest BCUT2D eigenvalue weighted by atomic mass is 16.1. The number of nitrogens with one attached hydrogen (secondary N) is 1. The highest BCUT2D eigenvalue weighted by Gasteiger charge is 2.14. The smallest absolute Gasteiger partial charge is 0.224 e. The number of anilines is 1. The number of carbonyl (C=O) groups excluding carboxylic acids is 1. The van der Waals surface area contributed by atoms with E-state index in [1.54, 1.807) is 0 Å². The Morgan fingerprint density at radius 1 is 1.33 bits per heavy atom. The van der Waals surface area contributed by atoms with Crippen LogP contribution in [0.3, 0.4) is 0 Å². The molecule has 2 nitrogen and oxygen atoms in total. The molecule has 0 spiro atoms. The maximum Gasteiger partial charge on any atom is 0.224 e. The van der Waals surface area contributed by atoms with Crippen molar-refractivity contribution in [1.82, 2.24) is 0 Å². The van der Waals surface area contributed by atoms with Gasteiger partial charge >= 0.3 is 0 Å². The van der Waals surface area contributed by atoms with Crippen molar-refractivity contribution in [3.63, 3.8) is 0 Å². The highest BCUT2D eigenvalue weighted by Crippen LogP contribution is 2.24. The second-order valence-corrected chi connectivity index (χ2v) is 4.64. The van der Waals surface area contributed by atoms with E-state index in [0.29, 0.717) is 12.3 Å². The van der Waals surface area contributed by atoms with Gasteiger partial charge in [0.15, 0.2) is 0 Å². The Labute approximate surface area is 90.7 Å². The summed E-state index contributed by atoms with van der Waals surface area (Å²) >= 11 is 0. The van der Waals surface area contributed by atoms with Gasteiger partial charge in [0, 0.05) is 12.1 Å². The molecular weight excluding hydrogens is 186 g/mol. The van der Waals surface area contributed by atoms with Crippen LogP contribution in [0.2, 0.25) is 0 Å². The number of amides is 1. The summed E-state index contributed by atoms with van der Waals surface area (Å²) in [4.78, 5) is 11.2. The molecule has 0 aromatic heterocycles. The monoisotopic (exact) mass is 203 g/mol. The van der Waals surface area contributed by atoms with Gasteiger partial charge < -0.3 is 5.32 Å². The molecule has 0 saturated carbocycles. The number of benzene rings is 1. The van der Waals surface area contributed by atoms with Gasteiger partial charge in [0.1, 0.15) is 0 Å². The first-order valence-electron chi connectivity index (χ1n) is 5.57. The number of hydrogen-bond donors (Lipinski definition) is 1. The van der Waals surface area contributed by atoms with E-state index < -0.39 is 0 Å². The number of carbonyl (C=O) groups is 1. The average molecular weight is 203 g/mol. The first-order chi connectivity index (χ1) is 7.15. The van der Waals surface area contributed by atoms with Crippen LogP contribution in [-0.4, -0.2) is 5.91 Å². The van der Waals surface area contributed by atoms with Gasteiger partial charge in [0.25, 0.3) is 0 Å². The molecular formula is C13H17NO. The van der Waals surface area contributed by atoms with Crippen molar-refractivity contribution in [1.29, 1.82) is 0 Å². The lowest BCUT2D eigenvalue weighted by atomic mass is 9.97. The fourth-order valence-electron chi connectivity index (χ4n) is 2.02. The van der Waals surface area contributed by atoms with Crippen molar-refractivity contribution in [2.24, 2.45) is 5.92 Å². The Morgan fingerprint density at radius 3 is 2.87 bits per heavy atom. The molecule has 15 heavy (non-hydrogen) atoms. The van der Waals surface area contributed by atoms with Gasteiger partial charge in [-0.25, -0.2) is 0 Å². The van der Waals surface area contributed by atoms with Crippen LogP contribution in [0.25, 0.3) is 0 Å². The van der Waals surface area contributed by atoms with Crippen molar-refractivity contribution in [3.8, 4) is 0 Å². The normalized spacial score (nSPS) is 15.0. The molecule has 1 amide bonds. The highest BCUT2D eigenvalue weighted by molar-refractivity contribution is 5.93. The molecule has 1 aliphatic rings. The molecule has 2 heteroatoms. The minimum absolute atomic E-state index is 0.143. The van der Waals surface area contributed by atoms with Crippen LogP contribution in [-0.2, 0) is 17.6 Å². The van der Waals surface area contributed by atoms with Crippen LogP contribution >= 0.6 is 0 Å². The van der Waals surface area contributed by atoms with Crippen LogP contribution in [0.5, 0.6) is 0 Å². The third-order valence-electron chi connectivity index (χ3n) is 2.71. The molecule has 0 unspecified atom stereocenters. The van der Waals surface area contributed by atoms with Crippen LogP contribution in [0, 0.1) is 5.92 Å². The zero-order chi connectivity index (χ0) is 10.8. The van der Waals surface area contributed by atoms with Gasteiger partial charge in [0.2, 0.25) is 5.91 Å². The molecule has 1 heterocycles. The molecule has 0 bridgehead atoms. The summed E-state index contributed by atoms with van der Waals surface area (Å²) in [6.45, 7) is 4.41. The van der Waals surface area contributed by atoms with E-state index in [-0.39, 0.29) is 5.91 Å². The minimum Gasteiger partial charge on any atom is -0.326 e. The maximum absolute atomic E-state index is 11.2. The van der Waals surface area contributed by atoms with E-state index in [1.807, 2.05) is 0 Å². The summed E-state index contributed by atoms with van der Waals surface area (Å²) in [5.41, 5.74) is 3.59. The SMILES string of the molecule is CC(C)Cc1ccc2c(c1)NC(=O)CC2. The molecule has 80 valence electrons. The van der Waals surface area contributed by atoms with E-state index >= 15 is 0 Å². The van der Waals surface area contributed by atoms with Gasteiger partial charge in [-0.3, -0.25) is 4.79 Å². The number of hydrogen-bond acceptors (Lipinski definition) is 1. The first kappa shape index (κ1) is 10.2. The third-order valence-corrected chi connectivity index (χ3v) is 2.71. The van der Waals surface area contributed by atoms with Crippen molar-refractivity contribution in [2.45, 2.75) is 33.1 Å². The van der Waals surface area contributed by atoms with Gasteiger partial charge in [-0.15, -0.1) is 0 Å². The quantitative estimate of drug-likeness (QED) is 0.786. The largest absolute Gasteiger partial charge is 0.326 e. The Kier molecular flexibility index (Phi) is 2.76. The molecule has 0 aliphatic carbocycles. The number of rotatable bonds is 2. The summed E-state index contributed by atoms with van der Waals surface area (Å²) in [5.74, 6) is 0.798. The van der Waals surface area contributed by atoms with E-state index in [9.17, 15) is 4.79 Å². The molecule has 1 N–H and O–H groups in total. The van der Waals surface area contributed by atoms with Crippen LogP contribution in [0.1, 0.15) is 31.4 Å². The van der Waals surface area contributed by atoms with E-state index in [2.05, 4.69) is 37.4 Å². The predicted molar refractivity (Wildman–Crippen MR) is 61.9 cm³/mol. The Bertz CT molecular complexity index is 382. The van der Waals surface area contributed by atoms with E-state index in [4.69, 9.17) is 0 Å². The van der Waals surface area contributed by atoms with E-state index in [0.717, 1.165) is 18.5 Å². The summed E-state index contributed by atoms with van der Waals surface area (Å²) in [6.07, 6.45) is 2.57. The van der Waals surface area contributed by atoms with Crippen molar-refractivity contribution in [2.75, 3.05) is 5.32 Å². The molecule has 0 saturated heterocycles. The Morgan fingerprint density at radius 2 is 2.13 bits per heavy atom. The van der Waals surface area contributed by atoms with Crippen LogP contribution in [0.15, 0.2) is 18.2 Å². The van der Waals surface area contributed by atoms with Crippen molar-refractivity contribution < 1.29 is 4.79 Å². The molecule has 0 atom stereocenters. The second kappa shape index (κ2) is 4.05. The standard InChI is InChI=1S/C13H17NO/c1-9(2)7-10-3-4-11-5-6-13(15)14-12(11)8-10/h3-4,8-9H,5-7H2,1-2H3,(H,14,15). The molecule has 1 aliphatic heterocycles. The van der Waals surface area contributed by atoms with Gasteiger partial charge in [-0.05, 0) is 36.0 Å². The topological polar surface area (TPSA) is 29.1 Å². The molecule has 2 rings (SSSR count). The average Bonchev–Trinajstić information content (AvgIpc) is 2.16. The number of aryl methyl sites for hydroxylation is 1. The Hall–Kier alpha value is -1.31. The predicted octanol–water partition coefficient (Wildman–Crippen LogP) is 2.77. The minimum atomic E-state index is 0.143. The zero-order valence-electron chi connectivity index (χ0n) is 9.34. The molecule has 0 radical (unpaired) electrons. The van der Waals surface area contributed by atoms with Gasteiger partial charge in [0.05, 0.1) is 0 Å². The molecule has 1 aromatic carbocycles. The van der Waals surface area contributed by atoms with Crippen molar-refractivity contribution in [3.05, 3.63) is 29.3 Å². The lowest BCUT2D eigenvalue weighted by Crippen LogP contribution is -2.19. The fourth-order valence-corrected chi connectivity index (χ4v) is 2.02. The number of fused-ring (bicyclic) bond motifs is 1. The fraction of sp³-hybridized carbons (Fsp3) is 0.462. The third kappa shape index (κ3) is 2.38. The van der Waals surface area contributed by atoms with Gasteiger partial charge in [-0.1, -0.05) is 26.0 Å². The lowest BCUT2D eigenvalue weighted by Gasteiger charge is -2.18. The van der Waals surface area contributed by atoms with Crippen molar-refractivity contribution >= 4 is 11.6 Å². The lowest BCUT2D eigenvalue weighted by molar-refractivity contribution is -0.116. The van der Waals surface area contributed by atoms with Gasteiger partial charge in [-0.2, -0.15) is 0 Å². The maximum atomic E-state index is 11.2. The molecule has 1 aromatic rings.